The molecule has 2 heterocycles. The van der Waals surface area contributed by atoms with Gasteiger partial charge in [-0.25, -0.2) is 9.79 Å². The molecule has 186 valence electrons. The number of anilines is 1. The normalized spacial score (nSPS) is 15.4. The molecule has 0 saturated carbocycles. The molecule has 0 fully saturated rings. The lowest BCUT2D eigenvalue weighted by molar-refractivity contribution is -0.385. The third kappa shape index (κ3) is 4.59. The van der Waals surface area contributed by atoms with Gasteiger partial charge in [0.25, 0.3) is 11.2 Å². The molecule has 0 spiro atoms. The van der Waals surface area contributed by atoms with Gasteiger partial charge in [-0.2, -0.15) is 0 Å². The summed E-state index contributed by atoms with van der Waals surface area (Å²) in [5.74, 6) is -0.611. The van der Waals surface area contributed by atoms with Crippen LogP contribution in [0.5, 0.6) is 0 Å². The number of hydrogen-bond donors (Lipinski definition) is 0. The largest absolute Gasteiger partial charge is 0.463 e. The van der Waals surface area contributed by atoms with Crippen molar-refractivity contribution in [2.45, 2.75) is 26.8 Å². The number of esters is 1. The van der Waals surface area contributed by atoms with Crippen LogP contribution in [0.2, 0.25) is 0 Å². The Kier molecular flexibility index (Phi) is 6.89. The van der Waals surface area contributed by atoms with Gasteiger partial charge >= 0.3 is 5.97 Å². The molecule has 2 aromatic carbocycles. The molecule has 0 N–H and O–H groups in total. The van der Waals surface area contributed by atoms with Crippen LogP contribution in [-0.2, 0) is 9.53 Å². The number of carbonyl (C=O) groups excluding carboxylic acids is 1. The molecule has 1 aliphatic heterocycles. The fraction of sp³-hybridized carbons (Fsp3) is 0.269. The molecular weight excluding hydrogens is 480 g/mol. The number of hydrogen-bond acceptors (Lipinski definition) is 8. The van der Waals surface area contributed by atoms with Crippen LogP contribution in [0.4, 0.5) is 11.4 Å². The SMILES string of the molecule is CCOC(=O)C1=C(C)N=c2s/c(=C/c3ccc(N(C)C)cc3)c(=O)n2[C@H]1c1ccc(C)c([N+](=O)[O-])c1. The summed E-state index contributed by atoms with van der Waals surface area (Å²) in [6, 6.07) is 11.6. The maximum atomic E-state index is 13.7. The maximum absolute atomic E-state index is 13.7. The smallest absolute Gasteiger partial charge is 0.338 e. The zero-order chi connectivity index (χ0) is 26.1. The molecule has 1 aliphatic rings. The molecule has 0 saturated heterocycles. The number of nitro benzene ring substituents is 1. The molecule has 0 bridgehead atoms. The zero-order valence-corrected chi connectivity index (χ0v) is 21.5. The van der Waals surface area contributed by atoms with Crippen LogP contribution in [0, 0.1) is 17.0 Å². The van der Waals surface area contributed by atoms with E-state index in [-0.39, 0.29) is 23.4 Å². The minimum absolute atomic E-state index is 0.0894. The summed E-state index contributed by atoms with van der Waals surface area (Å²) >= 11 is 1.21. The van der Waals surface area contributed by atoms with Crippen LogP contribution < -0.4 is 19.8 Å². The van der Waals surface area contributed by atoms with Crippen LogP contribution >= 0.6 is 11.3 Å². The number of nitrogens with zero attached hydrogens (tertiary/aromatic N) is 4. The highest BCUT2D eigenvalue weighted by Gasteiger charge is 2.34. The lowest BCUT2D eigenvalue weighted by Crippen LogP contribution is -2.40. The van der Waals surface area contributed by atoms with E-state index in [1.165, 1.54) is 22.0 Å². The van der Waals surface area contributed by atoms with Crippen LogP contribution in [0.1, 0.15) is 36.6 Å². The number of fused-ring (bicyclic) bond motifs is 1. The maximum Gasteiger partial charge on any atom is 0.338 e. The molecule has 1 aromatic heterocycles. The number of rotatable bonds is 6. The second-order valence-corrected chi connectivity index (χ2v) is 9.60. The molecule has 3 aromatic rings. The monoisotopic (exact) mass is 506 g/mol. The molecule has 36 heavy (non-hydrogen) atoms. The highest BCUT2D eigenvalue weighted by Crippen LogP contribution is 2.33. The Hall–Kier alpha value is -4.05. The second-order valence-electron chi connectivity index (χ2n) is 8.59. The van der Waals surface area contributed by atoms with Gasteiger partial charge in [0.15, 0.2) is 4.80 Å². The van der Waals surface area contributed by atoms with Gasteiger partial charge in [-0.05, 0) is 50.1 Å². The van der Waals surface area contributed by atoms with E-state index in [0.29, 0.717) is 26.2 Å². The first-order valence-electron chi connectivity index (χ1n) is 11.3. The van der Waals surface area contributed by atoms with Crippen molar-refractivity contribution < 1.29 is 14.5 Å². The molecule has 0 radical (unpaired) electrons. The predicted octanol–water partition coefficient (Wildman–Crippen LogP) is 3.08. The molecule has 9 nitrogen and oxygen atoms in total. The second kappa shape index (κ2) is 9.90. The number of nitro groups is 1. The third-order valence-corrected chi connectivity index (χ3v) is 6.95. The Labute approximate surface area is 211 Å². The number of benzene rings is 2. The average Bonchev–Trinajstić information content (AvgIpc) is 3.13. The summed E-state index contributed by atoms with van der Waals surface area (Å²) in [5, 5.41) is 11.6. The zero-order valence-electron chi connectivity index (χ0n) is 20.6. The first kappa shape index (κ1) is 25.1. The van der Waals surface area contributed by atoms with Gasteiger partial charge in [-0.15, -0.1) is 0 Å². The van der Waals surface area contributed by atoms with E-state index < -0.39 is 16.9 Å². The number of aromatic nitrogens is 1. The third-order valence-electron chi connectivity index (χ3n) is 5.97. The first-order chi connectivity index (χ1) is 17.1. The van der Waals surface area contributed by atoms with Crippen molar-refractivity contribution >= 4 is 34.8 Å². The van der Waals surface area contributed by atoms with Gasteiger partial charge in [0.05, 0.1) is 33.4 Å². The molecule has 10 heteroatoms. The molecule has 0 amide bonds. The van der Waals surface area contributed by atoms with Crippen molar-refractivity contribution in [2.24, 2.45) is 4.99 Å². The summed E-state index contributed by atoms with van der Waals surface area (Å²) in [6.07, 6.45) is 1.78. The van der Waals surface area contributed by atoms with Crippen molar-refractivity contribution in [1.29, 1.82) is 0 Å². The number of thiazole rings is 1. The topological polar surface area (TPSA) is 107 Å². The van der Waals surface area contributed by atoms with Crippen LogP contribution in [0.25, 0.3) is 6.08 Å². The van der Waals surface area contributed by atoms with Gasteiger partial charge in [0, 0.05) is 31.4 Å². The Morgan fingerprint density at radius 1 is 1.22 bits per heavy atom. The molecule has 0 aliphatic carbocycles. The Morgan fingerprint density at radius 3 is 2.53 bits per heavy atom. The van der Waals surface area contributed by atoms with Gasteiger partial charge in [0.1, 0.15) is 0 Å². The number of allylic oxidation sites excluding steroid dienone is 1. The summed E-state index contributed by atoms with van der Waals surface area (Å²) in [4.78, 5) is 44.7. The van der Waals surface area contributed by atoms with Gasteiger partial charge in [-0.3, -0.25) is 19.5 Å². The van der Waals surface area contributed by atoms with E-state index in [1.54, 1.807) is 39.0 Å². The Morgan fingerprint density at radius 2 is 1.92 bits per heavy atom. The minimum Gasteiger partial charge on any atom is -0.463 e. The standard InChI is InChI=1S/C26H26N4O5S/c1-6-35-25(32)22-16(3)27-26-29(23(22)18-10-7-15(2)20(14-18)30(33)34)24(31)21(36-26)13-17-8-11-19(12-9-17)28(4)5/h7-14,23H,6H2,1-5H3/b21-13+/t23-/m0/s1. The van der Waals surface area contributed by atoms with E-state index in [4.69, 9.17) is 4.74 Å². The van der Waals surface area contributed by atoms with Gasteiger partial charge < -0.3 is 9.64 Å². The van der Waals surface area contributed by atoms with Gasteiger partial charge in [0.2, 0.25) is 0 Å². The van der Waals surface area contributed by atoms with E-state index in [1.807, 2.05) is 43.3 Å². The van der Waals surface area contributed by atoms with Crippen LogP contribution in [0.3, 0.4) is 0 Å². The number of carbonyl (C=O) groups is 1. The highest BCUT2D eigenvalue weighted by atomic mass is 32.1. The fourth-order valence-electron chi connectivity index (χ4n) is 4.12. The predicted molar refractivity (Wildman–Crippen MR) is 139 cm³/mol. The summed E-state index contributed by atoms with van der Waals surface area (Å²) < 4.78 is 7.15. The average molecular weight is 507 g/mol. The lowest BCUT2D eigenvalue weighted by atomic mass is 9.94. The number of aryl methyl sites for hydroxylation is 1. The van der Waals surface area contributed by atoms with Crippen molar-refractivity contribution in [3.8, 4) is 0 Å². The van der Waals surface area contributed by atoms with E-state index in [0.717, 1.165) is 11.3 Å². The lowest BCUT2D eigenvalue weighted by Gasteiger charge is -2.24. The first-order valence-corrected chi connectivity index (χ1v) is 12.2. The van der Waals surface area contributed by atoms with E-state index >= 15 is 0 Å². The van der Waals surface area contributed by atoms with Crippen molar-refractivity contribution in [1.82, 2.24) is 4.57 Å². The molecular formula is C26H26N4O5S. The summed E-state index contributed by atoms with van der Waals surface area (Å²) in [5.41, 5.74) is 2.96. The quantitative estimate of drug-likeness (QED) is 0.289. The summed E-state index contributed by atoms with van der Waals surface area (Å²) in [6.45, 7) is 5.15. The van der Waals surface area contributed by atoms with Crippen molar-refractivity contribution in [3.05, 3.63) is 100 Å². The van der Waals surface area contributed by atoms with Gasteiger partial charge in [-0.1, -0.05) is 35.6 Å². The Bertz CT molecular complexity index is 1560. The van der Waals surface area contributed by atoms with E-state index in [2.05, 4.69) is 4.99 Å². The van der Waals surface area contributed by atoms with Crippen LogP contribution in [-0.4, -0.2) is 36.2 Å². The summed E-state index contributed by atoms with van der Waals surface area (Å²) in [7, 11) is 3.90. The van der Waals surface area contributed by atoms with Crippen LogP contribution in [0.15, 0.2) is 63.5 Å². The highest BCUT2D eigenvalue weighted by molar-refractivity contribution is 7.07. The molecule has 0 unspecified atom stereocenters. The van der Waals surface area contributed by atoms with Crippen molar-refractivity contribution in [2.75, 3.05) is 25.6 Å². The van der Waals surface area contributed by atoms with Crippen molar-refractivity contribution in [3.63, 3.8) is 0 Å². The minimum atomic E-state index is -0.905. The molecule has 1 atom stereocenters. The number of ether oxygens (including phenoxy) is 1. The fourth-order valence-corrected chi connectivity index (χ4v) is 5.17. The Balaban J connectivity index is 1.94. The van der Waals surface area contributed by atoms with E-state index in [9.17, 15) is 19.7 Å². The molecule has 4 rings (SSSR count).